The maximum absolute atomic E-state index is 11.1. The molecule has 0 heterocycles. The molecule has 0 saturated carbocycles. The van der Waals surface area contributed by atoms with Crippen LogP contribution in [0.5, 0.6) is 0 Å². The third-order valence-corrected chi connectivity index (χ3v) is 8.51. The smallest absolute Gasteiger partial charge is 0.303 e. The van der Waals surface area contributed by atoms with Gasteiger partial charge in [-0.2, -0.15) is 0 Å². The Kier molecular flexibility index (Phi) is 10.1. The van der Waals surface area contributed by atoms with Gasteiger partial charge in [0, 0.05) is 13.3 Å². The van der Waals surface area contributed by atoms with Crippen LogP contribution in [0.2, 0.25) is 18.1 Å². The Balaban J connectivity index is 4.39. The molecule has 0 aromatic heterocycles. The van der Waals surface area contributed by atoms with Gasteiger partial charge < -0.3 is 9.16 Å². The summed E-state index contributed by atoms with van der Waals surface area (Å²) in [6.07, 6.45) is 13.4. The number of carbonyl (C=O) groups is 1. The topological polar surface area (TPSA) is 35.5 Å². The average Bonchev–Trinajstić information content (AvgIpc) is 2.40. The standard InChI is InChI=1S/C19H34O3Si/c1-8-9-11-14-18(22-17(2)20)15-12-10-13-16-21-23(6,7)19(3,4)5/h9-13,15,18H,8,14,16H2,1-7H3/b11-9-,13-10-,15-12+. The van der Waals surface area contributed by atoms with Gasteiger partial charge in [-0.25, -0.2) is 0 Å². The van der Waals surface area contributed by atoms with Crippen molar-refractivity contribution >= 4 is 14.3 Å². The predicted molar refractivity (Wildman–Crippen MR) is 101 cm³/mol. The fourth-order valence-electron chi connectivity index (χ4n) is 1.57. The molecule has 0 amide bonds. The van der Waals surface area contributed by atoms with E-state index in [9.17, 15) is 4.79 Å². The van der Waals surface area contributed by atoms with E-state index >= 15 is 0 Å². The molecular formula is C19H34O3Si. The fraction of sp³-hybridized carbons (Fsp3) is 0.632. The van der Waals surface area contributed by atoms with Crippen molar-refractivity contribution in [2.75, 3.05) is 6.61 Å². The van der Waals surface area contributed by atoms with Crippen LogP contribution >= 0.6 is 0 Å². The molecule has 0 spiro atoms. The molecule has 0 aliphatic rings. The van der Waals surface area contributed by atoms with E-state index in [0.717, 1.165) is 6.42 Å². The van der Waals surface area contributed by atoms with Crippen LogP contribution in [0.1, 0.15) is 47.5 Å². The van der Waals surface area contributed by atoms with Crippen molar-refractivity contribution in [2.24, 2.45) is 0 Å². The van der Waals surface area contributed by atoms with Gasteiger partial charge in [-0.1, -0.05) is 58.1 Å². The third kappa shape index (κ3) is 10.3. The summed E-state index contributed by atoms with van der Waals surface area (Å²) in [4.78, 5) is 11.1. The maximum atomic E-state index is 11.1. The summed E-state index contributed by atoms with van der Waals surface area (Å²) in [6.45, 7) is 15.3. The van der Waals surface area contributed by atoms with Crippen LogP contribution in [0, 0.1) is 0 Å². The minimum Gasteiger partial charge on any atom is -0.458 e. The summed E-state index contributed by atoms with van der Waals surface area (Å²) in [5.74, 6) is -0.255. The van der Waals surface area contributed by atoms with Crippen molar-refractivity contribution in [3.63, 3.8) is 0 Å². The normalized spacial score (nSPS) is 14.9. The van der Waals surface area contributed by atoms with E-state index in [1.54, 1.807) is 0 Å². The summed E-state index contributed by atoms with van der Waals surface area (Å²) in [6, 6.07) is 0. The van der Waals surface area contributed by atoms with E-state index < -0.39 is 8.32 Å². The molecule has 0 aliphatic heterocycles. The Bertz CT molecular complexity index is 428. The summed E-state index contributed by atoms with van der Waals surface area (Å²) >= 11 is 0. The molecule has 0 aromatic carbocycles. The van der Waals surface area contributed by atoms with Gasteiger partial charge in [-0.15, -0.1) is 0 Å². The first-order chi connectivity index (χ1) is 10.6. The van der Waals surface area contributed by atoms with Crippen molar-refractivity contribution in [2.45, 2.75) is 71.7 Å². The van der Waals surface area contributed by atoms with E-state index in [2.05, 4.69) is 46.9 Å². The zero-order valence-corrected chi connectivity index (χ0v) is 16.9. The highest BCUT2D eigenvalue weighted by Gasteiger charge is 2.36. The Hall–Kier alpha value is -1.13. The third-order valence-electron chi connectivity index (χ3n) is 4.01. The number of carbonyl (C=O) groups excluding carboxylic acids is 1. The molecule has 1 unspecified atom stereocenters. The number of allylic oxidation sites excluding steroid dienone is 3. The number of rotatable bonds is 9. The van der Waals surface area contributed by atoms with Crippen LogP contribution in [0.4, 0.5) is 0 Å². The van der Waals surface area contributed by atoms with Gasteiger partial charge >= 0.3 is 5.97 Å². The van der Waals surface area contributed by atoms with Gasteiger partial charge in [0.1, 0.15) is 6.10 Å². The van der Waals surface area contributed by atoms with Crippen molar-refractivity contribution < 1.29 is 14.0 Å². The molecule has 0 rings (SSSR count). The Morgan fingerprint density at radius 1 is 1.13 bits per heavy atom. The van der Waals surface area contributed by atoms with Crippen molar-refractivity contribution in [1.29, 1.82) is 0 Å². The quantitative estimate of drug-likeness (QED) is 0.244. The van der Waals surface area contributed by atoms with Gasteiger partial charge in [0.25, 0.3) is 0 Å². The zero-order chi connectivity index (χ0) is 17.9. The first-order valence-corrected chi connectivity index (χ1v) is 11.3. The minimum atomic E-state index is -1.68. The number of esters is 1. The predicted octanol–water partition coefficient (Wildman–Crippen LogP) is 5.41. The van der Waals surface area contributed by atoms with Crippen LogP contribution in [0.3, 0.4) is 0 Å². The lowest BCUT2D eigenvalue weighted by Crippen LogP contribution is -2.40. The molecule has 0 saturated heterocycles. The molecule has 3 nitrogen and oxygen atoms in total. The lowest BCUT2D eigenvalue weighted by molar-refractivity contribution is -0.143. The van der Waals surface area contributed by atoms with E-state index in [1.165, 1.54) is 6.92 Å². The molecule has 23 heavy (non-hydrogen) atoms. The van der Waals surface area contributed by atoms with E-state index in [1.807, 2.05) is 30.4 Å². The molecule has 1 atom stereocenters. The monoisotopic (exact) mass is 338 g/mol. The summed E-state index contributed by atoms with van der Waals surface area (Å²) < 4.78 is 11.3. The van der Waals surface area contributed by atoms with Crippen LogP contribution < -0.4 is 0 Å². The molecular weight excluding hydrogens is 304 g/mol. The van der Waals surface area contributed by atoms with Gasteiger partial charge in [0.2, 0.25) is 0 Å². The number of ether oxygens (including phenoxy) is 1. The van der Waals surface area contributed by atoms with Gasteiger partial charge in [0.05, 0.1) is 6.61 Å². The number of hydrogen-bond acceptors (Lipinski definition) is 3. The largest absolute Gasteiger partial charge is 0.458 e. The van der Waals surface area contributed by atoms with Crippen molar-refractivity contribution in [3.05, 3.63) is 36.5 Å². The summed E-state index contributed by atoms with van der Waals surface area (Å²) in [5.41, 5.74) is 0. The fourth-order valence-corrected chi connectivity index (χ4v) is 2.52. The summed E-state index contributed by atoms with van der Waals surface area (Å²) in [7, 11) is -1.68. The molecule has 0 N–H and O–H groups in total. The first-order valence-electron chi connectivity index (χ1n) is 8.39. The molecule has 0 bridgehead atoms. The Morgan fingerprint density at radius 2 is 1.78 bits per heavy atom. The highest BCUT2D eigenvalue weighted by atomic mass is 28.4. The molecule has 132 valence electrons. The van der Waals surface area contributed by atoms with Crippen LogP contribution in [0.15, 0.2) is 36.5 Å². The van der Waals surface area contributed by atoms with Crippen molar-refractivity contribution in [3.8, 4) is 0 Å². The second kappa shape index (κ2) is 10.6. The molecule has 0 fully saturated rings. The van der Waals surface area contributed by atoms with Gasteiger partial charge in [0.15, 0.2) is 8.32 Å². The van der Waals surface area contributed by atoms with E-state index in [-0.39, 0.29) is 17.1 Å². The highest BCUT2D eigenvalue weighted by molar-refractivity contribution is 6.74. The average molecular weight is 339 g/mol. The number of hydrogen-bond donors (Lipinski definition) is 0. The van der Waals surface area contributed by atoms with Crippen LogP contribution in [-0.4, -0.2) is 27.0 Å². The second-order valence-corrected chi connectivity index (χ2v) is 12.0. The van der Waals surface area contributed by atoms with Gasteiger partial charge in [-0.3, -0.25) is 4.79 Å². The Labute approximate surface area is 143 Å². The van der Waals surface area contributed by atoms with E-state index in [4.69, 9.17) is 9.16 Å². The van der Waals surface area contributed by atoms with Gasteiger partial charge in [-0.05, 0) is 30.6 Å². The molecule has 4 heteroatoms. The van der Waals surface area contributed by atoms with E-state index in [0.29, 0.717) is 13.0 Å². The minimum absolute atomic E-state index is 0.207. The summed E-state index contributed by atoms with van der Waals surface area (Å²) in [5, 5.41) is 0.225. The lowest BCUT2D eigenvalue weighted by Gasteiger charge is -2.35. The maximum Gasteiger partial charge on any atom is 0.303 e. The zero-order valence-electron chi connectivity index (χ0n) is 15.9. The molecule has 0 aromatic rings. The Morgan fingerprint density at radius 3 is 2.30 bits per heavy atom. The second-order valence-electron chi connectivity index (χ2n) is 7.15. The SMILES string of the molecule is CC/C=C\CC(/C=C/C=C\CO[Si](C)(C)C(C)(C)C)OC(C)=O. The van der Waals surface area contributed by atoms with Crippen molar-refractivity contribution in [1.82, 2.24) is 0 Å². The highest BCUT2D eigenvalue weighted by Crippen LogP contribution is 2.36. The van der Waals surface area contributed by atoms with Crippen LogP contribution in [-0.2, 0) is 14.0 Å². The van der Waals surface area contributed by atoms with Crippen LogP contribution in [0.25, 0.3) is 0 Å². The first kappa shape index (κ1) is 21.9. The molecule has 0 aliphatic carbocycles. The molecule has 0 radical (unpaired) electrons. The lowest BCUT2D eigenvalue weighted by atomic mass is 10.2.